The van der Waals surface area contributed by atoms with Gasteiger partial charge in [0.1, 0.15) is 4.99 Å². The topological polar surface area (TPSA) is 88.3 Å². The Morgan fingerprint density at radius 1 is 1.56 bits per heavy atom. The van der Waals surface area contributed by atoms with Crippen molar-refractivity contribution in [1.82, 2.24) is 9.29 Å². The number of hydrogen-bond acceptors (Lipinski definition) is 5. The zero-order valence-corrected chi connectivity index (χ0v) is 11.9. The van der Waals surface area contributed by atoms with Crippen molar-refractivity contribution < 1.29 is 8.42 Å². The van der Waals surface area contributed by atoms with Gasteiger partial charge in [-0.15, -0.1) is 0 Å². The molecule has 0 aromatic carbocycles. The molecule has 0 saturated heterocycles. The monoisotopic (exact) mass is 288 g/mol. The van der Waals surface area contributed by atoms with E-state index >= 15 is 0 Å². The molecule has 0 aliphatic carbocycles. The number of hydrogen-bond donors (Lipinski definition) is 2. The van der Waals surface area contributed by atoms with Crippen molar-refractivity contribution in [3.63, 3.8) is 0 Å². The molecule has 0 bridgehead atoms. The van der Waals surface area contributed by atoms with Gasteiger partial charge in [-0.2, -0.15) is 0 Å². The minimum Gasteiger partial charge on any atom is -0.389 e. The molecule has 0 saturated carbocycles. The maximum absolute atomic E-state index is 11.6. The Hall–Kier alpha value is -1.25. The van der Waals surface area contributed by atoms with Crippen molar-refractivity contribution in [3.05, 3.63) is 24.0 Å². The molecule has 1 aromatic heterocycles. The highest BCUT2D eigenvalue weighted by molar-refractivity contribution is 7.89. The van der Waals surface area contributed by atoms with Crippen molar-refractivity contribution in [2.45, 2.75) is 0 Å². The molecule has 0 amide bonds. The number of nitrogens with one attached hydrogen (secondary N) is 1. The van der Waals surface area contributed by atoms with E-state index < -0.39 is 10.0 Å². The summed E-state index contributed by atoms with van der Waals surface area (Å²) in [5.74, 6) is -0.00827. The quantitative estimate of drug-likeness (QED) is 0.717. The van der Waals surface area contributed by atoms with Crippen LogP contribution < -0.4 is 11.1 Å². The molecule has 100 valence electrons. The van der Waals surface area contributed by atoms with Crippen LogP contribution in [0.25, 0.3) is 0 Å². The van der Waals surface area contributed by atoms with Crippen LogP contribution in [0.15, 0.2) is 18.5 Å². The molecule has 0 radical (unpaired) electrons. The van der Waals surface area contributed by atoms with E-state index in [1.807, 2.05) is 0 Å². The molecule has 3 N–H and O–H groups in total. The molecule has 1 aromatic rings. The number of nitrogens with two attached hydrogens (primary N) is 1. The van der Waals surface area contributed by atoms with Gasteiger partial charge in [-0.25, -0.2) is 12.7 Å². The summed E-state index contributed by atoms with van der Waals surface area (Å²) in [5.41, 5.74) is 6.85. The number of anilines is 1. The number of nitrogens with zero attached hydrogens (tertiary/aromatic N) is 2. The Morgan fingerprint density at radius 3 is 2.78 bits per heavy atom. The summed E-state index contributed by atoms with van der Waals surface area (Å²) in [6, 6.07) is 1.69. The maximum Gasteiger partial charge on any atom is 0.215 e. The molecule has 6 nitrogen and oxygen atoms in total. The summed E-state index contributed by atoms with van der Waals surface area (Å²) in [4.78, 5) is 4.19. The maximum atomic E-state index is 11.6. The van der Waals surface area contributed by atoms with Gasteiger partial charge >= 0.3 is 0 Å². The molecular weight excluding hydrogens is 272 g/mol. The lowest BCUT2D eigenvalue weighted by atomic mass is 10.2. The normalized spacial score (nSPS) is 11.5. The second kappa shape index (κ2) is 6.07. The van der Waals surface area contributed by atoms with Gasteiger partial charge in [0.2, 0.25) is 10.0 Å². The zero-order chi connectivity index (χ0) is 13.8. The van der Waals surface area contributed by atoms with Crippen molar-refractivity contribution in [2.24, 2.45) is 5.73 Å². The van der Waals surface area contributed by atoms with Gasteiger partial charge in [0, 0.05) is 32.4 Å². The second-order valence-electron chi connectivity index (χ2n) is 3.81. The van der Waals surface area contributed by atoms with Crippen LogP contribution in [-0.2, 0) is 10.0 Å². The molecule has 0 unspecified atom stereocenters. The first-order chi connectivity index (χ1) is 8.34. The van der Waals surface area contributed by atoms with Gasteiger partial charge in [0.25, 0.3) is 0 Å². The smallest absolute Gasteiger partial charge is 0.215 e. The first kappa shape index (κ1) is 14.8. The van der Waals surface area contributed by atoms with Crippen LogP contribution in [0, 0.1) is 0 Å². The largest absolute Gasteiger partial charge is 0.389 e. The van der Waals surface area contributed by atoms with Crippen molar-refractivity contribution in [2.75, 3.05) is 31.7 Å². The lowest BCUT2D eigenvalue weighted by Crippen LogP contribution is -2.28. The Labute approximate surface area is 112 Å². The summed E-state index contributed by atoms with van der Waals surface area (Å²) in [7, 11) is -0.215. The minimum absolute atomic E-state index is 0.00827. The number of aromatic nitrogens is 1. The molecule has 0 aliphatic rings. The third-order valence-corrected chi connectivity index (χ3v) is 4.37. The Morgan fingerprint density at radius 2 is 2.22 bits per heavy atom. The highest BCUT2D eigenvalue weighted by Crippen LogP contribution is 2.12. The summed E-state index contributed by atoms with van der Waals surface area (Å²) in [5, 5.41) is 2.97. The average molecular weight is 288 g/mol. The zero-order valence-electron chi connectivity index (χ0n) is 10.3. The van der Waals surface area contributed by atoms with Gasteiger partial charge < -0.3 is 11.1 Å². The van der Waals surface area contributed by atoms with Gasteiger partial charge in [-0.3, -0.25) is 4.98 Å². The van der Waals surface area contributed by atoms with E-state index in [9.17, 15) is 8.42 Å². The number of thiocarbonyl (C=S) groups is 1. The van der Waals surface area contributed by atoms with E-state index in [0.29, 0.717) is 11.3 Å². The van der Waals surface area contributed by atoms with Crippen molar-refractivity contribution in [3.8, 4) is 0 Å². The number of sulfonamides is 1. The third-order valence-electron chi connectivity index (χ3n) is 2.32. The van der Waals surface area contributed by atoms with Crippen LogP contribution in [0.3, 0.4) is 0 Å². The second-order valence-corrected chi connectivity index (χ2v) is 6.55. The van der Waals surface area contributed by atoms with Crippen LogP contribution >= 0.6 is 12.2 Å². The molecule has 0 spiro atoms. The summed E-state index contributed by atoms with van der Waals surface area (Å²) in [6.45, 7) is 0.266. The highest BCUT2D eigenvalue weighted by atomic mass is 32.2. The molecule has 0 atom stereocenters. The van der Waals surface area contributed by atoms with Crippen molar-refractivity contribution in [1.29, 1.82) is 0 Å². The predicted octanol–water partition coefficient (Wildman–Crippen LogP) is 0.0191. The molecule has 0 fully saturated rings. The molecule has 1 heterocycles. The molecule has 1 rings (SSSR count). The highest BCUT2D eigenvalue weighted by Gasteiger charge is 2.13. The summed E-state index contributed by atoms with van der Waals surface area (Å²) >= 11 is 4.90. The predicted molar refractivity (Wildman–Crippen MR) is 76.1 cm³/mol. The SMILES string of the molecule is CN(C)S(=O)(=O)CCNc1cnccc1C(N)=S. The first-order valence-corrected chi connectivity index (χ1v) is 7.24. The van der Waals surface area contributed by atoms with E-state index in [0.717, 1.165) is 0 Å². The van der Waals surface area contributed by atoms with Gasteiger partial charge in [0.05, 0.1) is 17.6 Å². The van der Waals surface area contributed by atoms with E-state index in [1.54, 1.807) is 18.5 Å². The number of rotatable bonds is 6. The van der Waals surface area contributed by atoms with E-state index in [1.165, 1.54) is 18.4 Å². The van der Waals surface area contributed by atoms with Gasteiger partial charge in [-0.1, -0.05) is 12.2 Å². The third kappa shape index (κ3) is 3.90. The van der Waals surface area contributed by atoms with Crippen LogP contribution in [0.1, 0.15) is 5.56 Å². The molecule has 18 heavy (non-hydrogen) atoms. The van der Waals surface area contributed by atoms with E-state index in [-0.39, 0.29) is 17.3 Å². The fraction of sp³-hybridized carbons (Fsp3) is 0.400. The van der Waals surface area contributed by atoms with Gasteiger partial charge in [0.15, 0.2) is 0 Å². The Bertz CT molecular complexity index is 528. The summed E-state index contributed by atoms with van der Waals surface area (Å²) in [6.07, 6.45) is 3.15. The van der Waals surface area contributed by atoms with E-state index in [2.05, 4.69) is 10.3 Å². The molecular formula is C10H16N4O2S2. The fourth-order valence-corrected chi connectivity index (χ4v) is 2.15. The lowest BCUT2D eigenvalue weighted by molar-refractivity contribution is 0.521. The number of pyridine rings is 1. The van der Waals surface area contributed by atoms with Crippen LogP contribution in [0.2, 0.25) is 0 Å². The van der Waals surface area contributed by atoms with E-state index in [4.69, 9.17) is 18.0 Å². The van der Waals surface area contributed by atoms with Crippen LogP contribution in [0.5, 0.6) is 0 Å². The first-order valence-electron chi connectivity index (χ1n) is 5.22. The minimum atomic E-state index is -3.22. The van der Waals surface area contributed by atoms with Crippen molar-refractivity contribution >= 4 is 32.9 Å². The van der Waals surface area contributed by atoms with Crippen LogP contribution in [0.4, 0.5) is 5.69 Å². The average Bonchev–Trinajstić information content (AvgIpc) is 2.29. The molecule has 0 aliphatic heterocycles. The Kier molecular flexibility index (Phi) is 5.00. The molecule has 8 heteroatoms. The summed E-state index contributed by atoms with van der Waals surface area (Å²) < 4.78 is 24.3. The van der Waals surface area contributed by atoms with Crippen LogP contribution in [-0.4, -0.2) is 49.1 Å². The standard InChI is InChI=1S/C10H16N4O2S2/c1-14(2)18(15,16)6-5-13-9-7-12-4-3-8(9)10(11)17/h3-4,7,13H,5-6H2,1-2H3,(H2,11,17). The van der Waals surface area contributed by atoms with Gasteiger partial charge in [-0.05, 0) is 6.07 Å². The fourth-order valence-electron chi connectivity index (χ4n) is 1.25. The Balaban J connectivity index is 2.68. The lowest BCUT2D eigenvalue weighted by Gasteiger charge is -2.13.